The van der Waals surface area contributed by atoms with Crippen LogP contribution in [-0.2, 0) is 6.54 Å². The molecule has 4 aromatic rings. The third-order valence-electron chi connectivity index (χ3n) is 6.12. The summed E-state index contributed by atoms with van der Waals surface area (Å²) in [5.41, 5.74) is 4.38. The maximum atomic E-state index is 4.97. The molecule has 5 rings (SSSR count). The van der Waals surface area contributed by atoms with Crippen molar-refractivity contribution in [2.45, 2.75) is 25.3 Å². The summed E-state index contributed by atoms with van der Waals surface area (Å²) in [5, 5.41) is 8.03. The van der Waals surface area contributed by atoms with Crippen molar-refractivity contribution in [2.24, 2.45) is 0 Å². The summed E-state index contributed by atoms with van der Waals surface area (Å²) in [6, 6.07) is 16.7. The second-order valence-electron chi connectivity index (χ2n) is 8.40. The number of nitrogens with zero attached hydrogens (tertiary/aromatic N) is 5. The van der Waals surface area contributed by atoms with E-state index in [-0.39, 0.29) is 0 Å². The number of pyridine rings is 1. The van der Waals surface area contributed by atoms with Crippen LogP contribution in [0.25, 0.3) is 11.7 Å². The molecule has 6 nitrogen and oxygen atoms in total. The molecule has 1 aliphatic heterocycles. The third kappa shape index (κ3) is 5.31. The molecule has 1 N–H and O–H groups in total. The van der Waals surface area contributed by atoms with Crippen LogP contribution in [0.2, 0.25) is 0 Å². The van der Waals surface area contributed by atoms with Gasteiger partial charge in [0, 0.05) is 43.2 Å². The Hall–Kier alpha value is -3.03. The molecule has 4 heterocycles. The summed E-state index contributed by atoms with van der Waals surface area (Å²) in [5.74, 6) is 1.41. The quantitative estimate of drug-likeness (QED) is 0.367. The van der Waals surface area contributed by atoms with E-state index in [2.05, 4.69) is 90.8 Å². The second kappa shape index (κ2) is 10.3. The van der Waals surface area contributed by atoms with Gasteiger partial charge in [0.25, 0.3) is 0 Å². The maximum absolute atomic E-state index is 4.97. The smallest absolute Gasteiger partial charge is 0.171 e. The molecule has 1 aliphatic rings. The predicted molar refractivity (Wildman–Crippen MR) is 136 cm³/mol. The first-order valence-electron chi connectivity index (χ1n) is 11.4. The Morgan fingerprint density at radius 3 is 2.70 bits per heavy atom. The van der Waals surface area contributed by atoms with Gasteiger partial charge in [-0.1, -0.05) is 48.6 Å². The van der Waals surface area contributed by atoms with Gasteiger partial charge in [-0.05, 0) is 59.1 Å². The zero-order valence-electron chi connectivity index (χ0n) is 18.4. The van der Waals surface area contributed by atoms with Crippen LogP contribution in [0, 0.1) is 0 Å². The lowest BCUT2D eigenvalue weighted by Crippen LogP contribution is -2.33. The number of benzene rings is 1. The van der Waals surface area contributed by atoms with Gasteiger partial charge in [0.05, 0.1) is 10.7 Å². The minimum Gasteiger partial charge on any atom is -0.366 e. The number of anilines is 1. The number of aromatic nitrogens is 4. The fourth-order valence-electron chi connectivity index (χ4n) is 4.30. The number of rotatable bonds is 7. The standard InChI is InChI=1S/C26H27BrN6/c27-23-19-30-33-25(29-18-21-8-4-12-28-17-21)16-24(31-26(23)33)22-10-14-32(15-11-22)13-5-9-20-6-2-1-3-7-20/h1-9,12,16-17,19,22,29H,10-11,13-15,18H2/b9-5+. The fourth-order valence-corrected chi connectivity index (χ4v) is 4.65. The number of fused-ring (bicyclic) bond motifs is 1. The van der Waals surface area contributed by atoms with Gasteiger partial charge in [0.15, 0.2) is 5.65 Å². The van der Waals surface area contributed by atoms with Crippen LogP contribution in [0.1, 0.15) is 35.6 Å². The lowest BCUT2D eigenvalue weighted by atomic mass is 9.93. The topological polar surface area (TPSA) is 58.4 Å². The van der Waals surface area contributed by atoms with Gasteiger partial charge in [-0.2, -0.15) is 9.61 Å². The number of halogens is 1. The van der Waals surface area contributed by atoms with Crippen LogP contribution < -0.4 is 5.32 Å². The number of hydrogen-bond donors (Lipinski definition) is 1. The molecule has 0 bridgehead atoms. The Labute approximate surface area is 202 Å². The molecule has 0 saturated carbocycles. The molecule has 33 heavy (non-hydrogen) atoms. The monoisotopic (exact) mass is 502 g/mol. The Bertz CT molecular complexity index is 1210. The third-order valence-corrected chi connectivity index (χ3v) is 6.68. The Kier molecular flexibility index (Phi) is 6.79. The number of piperidine rings is 1. The molecular weight excluding hydrogens is 476 g/mol. The summed E-state index contributed by atoms with van der Waals surface area (Å²) in [4.78, 5) is 11.7. The summed E-state index contributed by atoms with van der Waals surface area (Å²) in [6.45, 7) is 3.83. The van der Waals surface area contributed by atoms with Gasteiger partial charge >= 0.3 is 0 Å². The van der Waals surface area contributed by atoms with Crippen LogP contribution in [0.5, 0.6) is 0 Å². The molecule has 0 spiro atoms. The number of nitrogens with one attached hydrogen (secondary N) is 1. The minimum atomic E-state index is 0.449. The van der Waals surface area contributed by atoms with Gasteiger partial charge < -0.3 is 5.32 Å². The zero-order valence-corrected chi connectivity index (χ0v) is 20.0. The van der Waals surface area contributed by atoms with Gasteiger partial charge in [-0.25, -0.2) is 4.98 Å². The lowest BCUT2D eigenvalue weighted by Gasteiger charge is -2.31. The van der Waals surface area contributed by atoms with Crippen LogP contribution >= 0.6 is 15.9 Å². The highest BCUT2D eigenvalue weighted by Gasteiger charge is 2.23. The molecule has 1 aromatic carbocycles. The summed E-state index contributed by atoms with van der Waals surface area (Å²) in [7, 11) is 0. The van der Waals surface area contributed by atoms with E-state index in [1.54, 1.807) is 6.20 Å². The van der Waals surface area contributed by atoms with E-state index in [1.807, 2.05) is 23.0 Å². The van der Waals surface area contributed by atoms with Gasteiger partial charge in [-0.3, -0.25) is 9.88 Å². The van der Waals surface area contributed by atoms with Gasteiger partial charge in [0.2, 0.25) is 0 Å². The predicted octanol–water partition coefficient (Wildman–Crippen LogP) is 5.39. The van der Waals surface area contributed by atoms with Crippen molar-refractivity contribution < 1.29 is 0 Å². The fraction of sp³-hybridized carbons (Fsp3) is 0.269. The van der Waals surface area contributed by atoms with E-state index in [9.17, 15) is 0 Å². The van der Waals surface area contributed by atoms with Crippen LogP contribution in [-0.4, -0.2) is 44.1 Å². The Morgan fingerprint density at radius 1 is 1.06 bits per heavy atom. The molecule has 1 saturated heterocycles. The molecular formula is C26H27BrN6. The highest BCUT2D eigenvalue weighted by atomic mass is 79.9. The summed E-state index contributed by atoms with van der Waals surface area (Å²) >= 11 is 3.61. The highest BCUT2D eigenvalue weighted by molar-refractivity contribution is 9.10. The van der Waals surface area contributed by atoms with Crippen molar-refractivity contribution in [3.05, 3.63) is 94.5 Å². The summed E-state index contributed by atoms with van der Waals surface area (Å²) in [6.07, 6.45) is 12.2. The van der Waals surface area contributed by atoms with Crippen LogP contribution in [0.4, 0.5) is 5.82 Å². The Balaban J connectivity index is 1.26. The lowest BCUT2D eigenvalue weighted by molar-refractivity contribution is 0.231. The van der Waals surface area contributed by atoms with E-state index in [0.717, 1.165) is 59.7 Å². The van der Waals surface area contributed by atoms with Gasteiger partial charge in [0.1, 0.15) is 5.82 Å². The molecule has 0 amide bonds. The average Bonchev–Trinajstić information content (AvgIpc) is 3.25. The van der Waals surface area contributed by atoms with Crippen molar-refractivity contribution in [3.63, 3.8) is 0 Å². The van der Waals surface area contributed by atoms with Crippen LogP contribution in [0.15, 0.2) is 77.7 Å². The average molecular weight is 503 g/mol. The number of likely N-dealkylation sites (tertiary alicyclic amines) is 1. The van der Waals surface area contributed by atoms with E-state index in [4.69, 9.17) is 4.98 Å². The SMILES string of the molecule is Brc1cnn2c(NCc3cccnc3)cc(C3CCN(C/C=C/c4ccccc4)CC3)nc12. The highest BCUT2D eigenvalue weighted by Crippen LogP contribution is 2.30. The molecule has 168 valence electrons. The first-order chi connectivity index (χ1) is 16.3. The van der Waals surface area contributed by atoms with E-state index < -0.39 is 0 Å². The maximum Gasteiger partial charge on any atom is 0.171 e. The number of hydrogen-bond acceptors (Lipinski definition) is 5. The molecule has 7 heteroatoms. The van der Waals surface area contributed by atoms with Crippen LogP contribution in [0.3, 0.4) is 0 Å². The van der Waals surface area contributed by atoms with Crippen molar-refractivity contribution in [1.82, 2.24) is 24.5 Å². The molecule has 1 fully saturated rings. The first-order valence-corrected chi connectivity index (χ1v) is 12.2. The molecule has 3 aromatic heterocycles. The molecule has 0 aliphatic carbocycles. The van der Waals surface area contributed by atoms with E-state index in [0.29, 0.717) is 12.5 Å². The zero-order chi connectivity index (χ0) is 22.5. The minimum absolute atomic E-state index is 0.449. The van der Waals surface area contributed by atoms with Crippen molar-refractivity contribution >= 4 is 33.5 Å². The van der Waals surface area contributed by atoms with Gasteiger partial charge in [-0.15, -0.1) is 0 Å². The summed E-state index contributed by atoms with van der Waals surface area (Å²) < 4.78 is 2.78. The normalized spacial score (nSPS) is 15.4. The van der Waals surface area contributed by atoms with Crippen molar-refractivity contribution in [3.8, 4) is 0 Å². The second-order valence-corrected chi connectivity index (χ2v) is 9.25. The Morgan fingerprint density at radius 2 is 1.91 bits per heavy atom. The molecule has 0 unspecified atom stereocenters. The van der Waals surface area contributed by atoms with Crippen molar-refractivity contribution in [2.75, 3.05) is 25.0 Å². The van der Waals surface area contributed by atoms with E-state index >= 15 is 0 Å². The molecule has 0 radical (unpaired) electrons. The van der Waals surface area contributed by atoms with E-state index in [1.165, 1.54) is 5.56 Å². The van der Waals surface area contributed by atoms with Crippen molar-refractivity contribution in [1.29, 1.82) is 0 Å². The largest absolute Gasteiger partial charge is 0.366 e. The molecule has 0 atom stereocenters. The first kappa shape index (κ1) is 21.8.